The van der Waals surface area contributed by atoms with Crippen molar-refractivity contribution in [1.29, 1.82) is 0 Å². The summed E-state index contributed by atoms with van der Waals surface area (Å²) in [5.74, 6) is -0.567. The Morgan fingerprint density at radius 2 is 2.18 bits per heavy atom. The molecule has 1 aromatic rings. The van der Waals surface area contributed by atoms with E-state index in [-0.39, 0.29) is 18.2 Å². The second kappa shape index (κ2) is 3.87. The summed E-state index contributed by atoms with van der Waals surface area (Å²) in [6.07, 6.45) is -1.48. The Morgan fingerprint density at radius 1 is 1.47 bits per heavy atom. The molecule has 2 atom stereocenters. The van der Waals surface area contributed by atoms with Gasteiger partial charge in [0.25, 0.3) is 6.02 Å². The molecular weight excluding hydrogens is 228 g/mol. The van der Waals surface area contributed by atoms with Crippen LogP contribution >= 0.6 is 0 Å². The van der Waals surface area contributed by atoms with E-state index in [2.05, 4.69) is 4.99 Å². The van der Waals surface area contributed by atoms with E-state index in [4.69, 9.17) is 16.2 Å². The molecular formula is C11H13F2N3O. The molecule has 4 nitrogen and oxygen atoms in total. The molecule has 0 saturated carbocycles. The number of aliphatic imine (C=N–C) groups is 1. The summed E-state index contributed by atoms with van der Waals surface area (Å²) >= 11 is 0. The summed E-state index contributed by atoms with van der Waals surface area (Å²) in [5.41, 5.74) is 10.0. The zero-order valence-corrected chi connectivity index (χ0v) is 9.28. The van der Waals surface area contributed by atoms with Gasteiger partial charge in [-0.25, -0.2) is 13.8 Å². The Hall–Kier alpha value is -1.85. The third-order valence-corrected chi connectivity index (χ3v) is 2.87. The summed E-state index contributed by atoms with van der Waals surface area (Å²) in [5, 5.41) is 0. The highest BCUT2D eigenvalue weighted by molar-refractivity contribution is 5.73. The predicted octanol–water partition coefficient (Wildman–Crippen LogP) is 1.31. The molecule has 1 aliphatic rings. The van der Waals surface area contributed by atoms with E-state index < -0.39 is 17.5 Å². The van der Waals surface area contributed by atoms with Gasteiger partial charge in [0.2, 0.25) is 0 Å². The van der Waals surface area contributed by atoms with Gasteiger partial charge in [-0.1, -0.05) is 0 Å². The number of anilines is 1. The van der Waals surface area contributed by atoms with E-state index in [1.807, 2.05) is 0 Å². The van der Waals surface area contributed by atoms with Crippen molar-refractivity contribution in [3.8, 4) is 0 Å². The van der Waals surface area contributed by atoms with Crippen LogP contribution in [0.15, 0.2) is 23.2 Å². The molecule has 0 radical (unpaired) electrons. The fourth-order valence-electron chi connectivity index (χ4n) is 1.81. The van der Waals surface area contributed by atoms with Crippen LogP contribution in [-0.4, -0.2) is 18.8 Å². The fraction of sp³-hybridized carbons (Fsp3) is 0.364. The Kier molecular flexibility index (Phi) is 2.65. The normalized spacial score (nSPS) is 28.4. The van der Waals surface area contributed by atoms with Crippen molar-refractivity contribution in [3.63, 3.8) is 0 Å². The van der Waals surface area contributed by atoms with Crippen LogP contribution in [0.3, 0.4) is 0 Å². The maximum Gasteiger partial charge on any atom is 0.283 e. The van der Waals surface area contributed by atoms with Gasteiger partial charge in [0.1, 0.15) is 18.0 Å². The number of rotatable bonds is 1. The van der Waals surface area contributed by atoms with Gasteiger partial charge in [0, 0.05) is 11.3 Å². The van der Waals surface area contributed by atoms with Crippen LogP contribution in [0.25, 0.3) is 0 Å². The Labute approximate surface area is 97.3 Å². The maximum atomic E-state index is 13.9. The van der Waals surface area contributed by atoms with Crippen molar-refractivity contribution < 1.29 is 13.5 Å². The SMILES string of the molecule is CC1(c2cc(N)ccc2F)N=C(N)OCC1F. The van der Waals surface area contributed by atoms with Crippen LogP contribution in [0.5, 0.6) is 0 Å². The van der Waals surface area contributed by atoms with Crippen LogP contribution in [0.4, 0.5) is 14.5 Å². The number of amidine groups is 1. The van der Waals surface area contributed by atoms with Gasteiger partial charge in [0.05, 0.1) is 0 Å². The van der Waals surface area contributed by atoms with Gasteiger partial charge < -0.3 is 16.2 Å². The first kappa shape index (κ1) is 11.6. The third kappa shape index (κ3) is 1.90. The molecule has 1 heterocycles. The highest BCUT2D eigenvalue weighted by Crippen LogP contribution is 2.36. The van der Waals surface area contributed by atoms with Gasteiger partial charge in [-0.05, 0) is 25.1 Å². The minimum atomic E-state index is -1.48. The van der Waals surface area contributed by atoms with Gasteiger partial charge in [-0.2, -0.15) is 0 Å². The monoisotopic (exact) mass is 241 g/mol. The molecule has 17 heavy (non-hydrogen) atoms. The lowest BCUT2D eigenvalue weighted by atomic mass is 9.87. The second-order valence-corrected chi connectivity index (χ2v) is 4.12. The first-order valence-electron chi connectivity index (χ1n) is 5.11. The number of nitrogens with zero attached hydrogens (tertiary/aromatic N) is 1. The summed E-state index contributed by atoms with van der Waals surface area (Å²) in [6.45, 7) is 1.21. The van der Waals surface area contributed by atoms with Crippen molar-refractivity contribution in [2.45, 2.75) is 18.6 Å². The van der Waals surface area contributed by atoms with Crippen LogP contribution in [0.2, 0.25) is 0 Å². The second-order valence-electron chi connectivity index (χ2n) is 4.12. The van der Waals surface area contributed by atoms with E-state index in [0.717, 1.165) is 0 Å². The average molecular weight is 241 g/mol. The van der Waals surface area contributed by atoms with Crippen molar-refractivity contribution in [2.24, 2.45) is 10.7 Å². The van der Waals surface area contributed by atoms with E-state index in [9.17, 15) is 8.78 Å². The molecule has 0 bridgehead atoms. The number of alkyl halides is 1. The first-order valence-corrected chi connectivity index (χ1v) is 5.11. The van der Waals surface area contributed by atoms with Gasteiger partial charge in [-0.3, -0.25) is 0 Å². The number of nitrogen functional groups attached to an aromatic ring is 1. The molecule has 0 amide bonds. The Morgan fingerprint density at radius 3 is 2.88 bits per heavy atom. The summed E-state index contributed by atoms with van der Waals surface area (Å²) in [6, 6.07) is 3.80. The highest BCUT2D eigenvalue weighted by atomic mass is 19.1. The average Bonchev–Trinajstić information content (AvgIpc) is 2.27. The zero-order valence-electron chi connectivity index (χ0n) is 9.28. The first-order chi connectivity index (χ1) is 7.93. The number of ether oxygens (including phenoxy) is 1. The number of hydrogen-bond acceptors (Lipinski definition) is 4. The van der Waals surface area contributed by atoms with Crippen LogP contribution < -0.4 is 11.5 Å². The van der Waals surface area contributed by atoms with Crippen molar-refractivity contribution in [1.82, 2.24) is 0 Å². The van der Waals surface area contributed by atoms with Crippen LogP contribution in [-0.2, 0) is 10.3 Å². The van der Waals surface area contributed by atoms with E-state index in [0.29, 0.717) is 5.69 Å². The molecule has 4 N–H and O–H groups in total. The lowest BCUT2D eigenvalue weighted by Crippen LogP contribution is -2.43. The molecule has 2 unspecified atom stereocenters. The summed E-state index contributed by atoms with van der Waals surface area (Å²) in [7, 11) is 0. The smallest absolute Gasteiger partial charge is 0.283 e. The lowest BCUT2D eigenvalue weighted by molar-refractivity contribution is 0.0923. The van der Waals surface area contributed by atoms with Crippen LogP contribution in [0.1, 0.15) is 12.5 Å². The van der Waals surface area contributed by atoms with Gasteiger partial charge in [-0.15, -0.1) is 0 Å². The number of halogens is 2. The van der Waals surface area contributed by atoms with E-state index >= 15 is 0 Å². The molecule has 0 spiro atoms. The van der Waals surface area contributed by atoms with Crippen molar-refractivity contribution >= 4 is 11.7 Å². The molecule has 0 saturated heterocycles. The van der Waals surface area contributed by atoms with Crippen LogP contribution in [0, 0.1) is 5.82 Å². The number of nitrogens with two attached hydrogens (primary N) is 2. The lowest BCUT2D eigenvalue weighted by Gasteiger charge is -2.33. The number of hydrogen-bond donors (Lipinski definition) is 2. The summed E-state index contributed by atoms with van der Waals surface area (Å²) in [4.78, 5) is 3.87. The third-order valence-electron chi connectivity index (χ3n) is 2.87. The molecule has 0 aromatic heterocycles. The standard InChI is InChI=1S/C11H13F2N3O/c1-11(9(13)5-17-10(15)16-11)7-4-6(14)2-3-8(7)12/h2-4,9H,5,14H2,1H3,(H2,15,16). The Balaban J connectivity index is 2.56. The minimum Gasteiger partial charge on any atom is -0.462 e. The fourth-order valence-corrected chi connectivity index (χ4v) is 1.81. The molecule has 1 aliphatic heterocycles. The maximum absolute atomic E-state index is 13.9. The number of benzene rings is 1. The molecule has 0 fully saturated rings. The Bertz CT molecular complexity index is 478. The van der Waals surface area contributed by atoms with E-state index in [1.165, 1.54) is 25.1 Å². The predicted molar refractivity (Wildman–Crippen MR) is 60.6 cm³/mol. The molecule has 2 rings (SSSR count). The minimum absolute atomic E-state index is 0.0799. The van der Waals surface area contributed by atoms with Gasteiger partial charge >= 0.3 is 0 Å². The molecule has 1 aromatic carbocycles. The molecule has 0 aliphatic carbocycles. The highest BCUT2D eigenvalue weighted by Gasteiger charge is 2.42. The quantitative estimate of drug-likeness (QED) is 0.728. The zero-order chi connectivity index (χ0) is 12.6. The molecule has 6 heteroatoms. The molecule has 92 valence electrons. The van der Waals surface area contributed by atoms with Gasteiger partial charge in [0.15, 0.2) is 6.17 Å². The van der Waals surface area contributed by atoms with E-state index in [1.54, 1.807) is 0 Å². The topological polar surface area (TPSA) is 73.6 Å². The van der Waals surface area contributed by atoms with Crippen molar-refractivity contribution in [2.75, 3.05) is 12.3 Å². The van der Waals surface area contributed by atoms with Crippen molar-refractivity contribution in [3.05, 3.63) is 29.6 Å². The largest absolute Gasteiger partial charge is 0.462 e. The summed E-state index contributed by atoms with van der Waals surface area (Å²) < 4.78 is 32.4.